The van der Waals surface area contributed by atoms with Gasteiger partial charge in [0.15, 0.2) is 0 Å². The van der Waals surface area contributed by atoms with E-state index < -0.39 is 10.0 Å². The highest BCUT2D eigenvalue weighted by atomic mass is 32.2. The molecule has 0 fully saturated rings. The highest BCUT2D eigenvalue weighted by Crippen LogP contribution is 2.27. The Morgan fingerprint density at radius 3 is 2.50 bits per heavy atom. The number of hydrogen-bond acceptors (Lipinski definition) is 5. The van der Waals surface area contributed by atoms with Crippen LogP contribution >= 0.6 is 11.3 Å². The number of nitrogens with one attached hydrogen (secondary N) is 1. The molecule has 16 heavy (non-hydrogen) atoms. The summed E-state index contributed by atoms with van der Waals surface area (Å²) >= 11 is 1.00. The van der Waals surface area contributed by atoms with Crippen LogP contribution in [0.5, 0.6) is 0 Å². The molecule has 2 rings (SSSR count). The molecule has 0 atom stereocenters. The number of primary sulfonamides is 1. The number of nitrogens with zero attached hydrogens (tertiary/aromatic N) is 1. The Labute approximate surface area is 94.8 Å². The minimum Gasteiger partial charge on any atom is -0.268 e. The Morgan fingerprint density at radius 1 is 1.25 bits per heavy atom. The molecule has 0 saturated carbocycles. The minimum atomic E-state index is -3.68. The number of rotatable bonds is 2. The van der Waals surface area contributed by atoms with Crippen molar-refractivity contribution < 1.29 is 8.42 Å². The van der Waals surface area contributed by atoms with Gasteiger partial charge in [0, 0.05) is 6.07 Å². The van der Waals surface area contributed by atoms with E-state index in [4.69, 9.17) is 5.14 Å². The zero-order valence-electron chi connectivity index (χ0n) is 7.88. The molecular weight excluding hydrogens is 250 g/mol. The number of hydrogen-bond donors (Lipinski definition) is 2. The van der Waals surface area contributed by atoms with E-state index in [1.165, 1.54) is 18.2 Å². The lowest BCUT2D eigenvalue weighted by Crippen LogP contribution is -2.09. The van der Waals surface area contributed by atoms with Crippen molar-refractivity contribution >= 4 is 21.4 Å². The molecule has 0 amide bonds. The van der Waals surface area contributed by atoms with E-state index >= 15 is 0 Å². The van der Waals surface area contributed by atoms with Crippen molar-refractivity contribution in [2.45, 2.75) is 4.21 Å². The van der Waals surface area contributed by atoms with Crippen LogP contribution in [-0.4, -0.2) is 18.6 Å². The maximum Gasteiger partial charge on any atom is 0.264 e. The highest BCUT2D eigenvalue weighted by Gasteiger charge is 2.12. The van der Waals surface area contributed by atoms with Crippen molar-refractivity contribution in [1.82, 2.24) is 10.2 Å². The summed E-state index contributed by atoms with van der Waals surface area (Å²) in [7, 11) is -3.68. The molecule has 0 saturated heterocycles. The van der Waals surface area contributed by atoms with E-state index in [1.54, 1.807) is 6.07 Å². The number of sulfonamides is 1. The van der Waals surface area contributed by atoms with Crippen molar-refractivity contribution in [2.24, 2.45) is 5.14 Å². The van der Waals surface area contributed by atoms with Gasteiger partial charge in [-0.2, -0.15) is 5.10 Å². The van der Waals surface area contributed by atoms with Gasteiger partial charge in [0.05, 0.1) is 4.88 Å². The fraction of sp³-hybridized carbons (Fsp3) is 0. The third-order valence-electron chi connectivity index (χ3n) is 1.79. The van der Waals surface area contributed by atoms with Crippen LogP contribution in [0.2, 0.25) is 0 Å². The number of thiophene rings is 1. The molecule has 8 heteroatoms. The zero-order chi connectivity index (χ0) is 11.8. The third kappa shape index (κ3) is 2.18. The highest BCUT2D eigenvalue weighted by molar-refractivity contribution is 7.91. The first-order valence-corrected chi connectivity index (χ1v) is 6.52. The molecule has 6 nitrogen and oxygen atoms in total. The fourth-order valence-corrected chi connectivity index (χ4v) is 2.79. The zero-order valence-corrected chi connectivity index (χ0v) is 9.51. The molecule has 0 aliphatic carbocycles. The van der Waals surface area contributed by atoms with Gasteiger partial charge in [-0.25, -0.2) is 18.7 Å². The monoisotopic (exact) mass is 257 g/mol. The van der Waals surface area contributed by atoms with E-state index in [2.05, 4.69) is 10.2 Å². The molecule has 2 heterocycles. The van der Waals surface area contributed by atoms with Crippen molar-refractivity contribution in [2.75, 3.05) is 0 Å². The molecule has 2 aromatic rings. The molecule has 0 radical (unpaired) electrons. The fourth-order valence-electron chi connectivity index (χ4n) is 1.09. The quantitative estimate of drug-likeness (QED) is 0.798. The van der Waals surface area contributed by atoms with E-state index in [0.29, 0.717) is 10.6 Å². The Morgan fingerprint density at radius 2 is 2.00 bits per heavy atom. The lowest BCUT2D eigenvalue weighted by Gasteiger charge is -1.93. The van der Waals surface area contributed by atoms with Crippen molar-refractivity contribution in [3.63, 3.8) is 0 Å². The van der Waals surface area contributed by atoms with Crippen LogP contribution in [0.4, 0.5) is 0 Å². The molecule has 2 aromatic heterocycles. The van der Waals surface area contributed by atoms with Gasteiger partial charge in [-0.05, 0) is 18.2 Å². The van der Waals surface area contributed by atoms with Gasteiger partial charge in [-0.15, -0.1) is 11.3 Å². The molecule has 3 N–H and O–H groups in total. The molecule has 0 aromatic carbocycles. The van der Waals surface area contributed by atoms with Gasteiger partial charge in [0.1, 0.15) is 9.90 Å². The molecular formula is C8H7N3O3S2. The largest absolute Gasteiger partial charge is 0.268 e. The predicted octanol–water partition coefficient (Wildman–Crippen LogP) is 0.146. The van der Waals surface area contributed by atoms with E-state index in [9.17, 15) is 13.2 Å². The van der Waals surface area contributed by atoms with Gasteiger partial charge >= 0.3 is 0 Å². The van der Waals surface area contributed by atoms with Crippen molar-refractivity contribution in [1.29, 1.82) is 0 Å². The Balaban J connectivity index is 2.47. The average molecular weight is 257 g/mol. The minimum absolute atomic E-state index is 0.0653. The Hall–Kier alpha value is -1.51. The lowest BCUT2D eigenvalue weighted by molar-refractivity contribution is 0.600. The molecule has 84 valence electrons. The first-order chi connectivity index (χ1) is 7.47. The van der Waals surface area contributed by atoms with E-state index in [1.807, 2.05) is 0 Å². The molecule has 0 aliphatic rings. The second kappa shape index (κ2) is 3.81. The van der Waals surface area contributed by atoms with Gasteiger partial charge in [0.2, 0.25) is 10.0 Å². The van der Waals surface area contributed by atoms with Crippen LogP contribution in [0.3, 0.4) is 0 Å². The molecule has 0 bridgehead atoms. The number of aromatic nitrogens is 2. The Bertz CT molecular complexity index is 651. The van der Waals surface area contributed by atoms with Crippen LogP contribution < -0.4 is 10.7 Å². The van der Waals surface area contributed by atoms with Gasteiger partial charge in [-0.3, -0.25) is 4.79 Å². The average Bonchev–Trinajstić information content (AvgIpc) is 2.67. The van der Waals surface area contributed by atoms with Crippen LogP contribution in [0.15, 0.2) is 33.3 Å². The summed E-state index contributed by atoms with van der Waals surface area (Å²) in [4.78, 5) is 11.4. The van der Waals surface area contributed by atoms with E-state index in [0.717, 1.165) is 11.3 Å². The maximum absolute atomic E-state index is 11.0. The second-order valence-corrected chi connectivity index (χ2v) is 5.84. The lowest BCUT2D eigenvalue weighted by atomic mass is 10.3. The summed E-state index contributed by atoms with van der Waals surface area (Å²) < 4.78 is 22.1. The predicted molar refractivity (Wildman–Crippen MR) is 59.5 cm³/mol. The van der Waals surface area contributed by atoms with Gasteiger partial charge in [-0.1, -0.05) is 0 Å². The second-order valence-electron chi connectivity index (χ2n) is 2.97. The SMILES string of the molecule is NS(=O)(=O)c1ccc(-c2ccc(=O)[nH]n2)s1. The number of aromatic amines is 1. The normalized spacial score (nSPS) is 11.6. The van der Waals surface area contributed by atoms with Crippen LogP contribution in [-0.2, 0) is 10.0 Å². The van der Waals surface area contributed by atoms with Crippen molar-refractivity contribution in [3.05, 3.63) is 34.6 Å². The van der Waals surface area contributed by atoms with Gasteiger partial charge in [0.25, 0.3) is 5.56 Å². The number of nitrogens with two attached hydrogens (primary N) is 1. The summed E-state index contributed by atoms with van der Waals surface area (Å²) in [5, 5.41) is 11.0. The summed E-state index contributed by atoms with van der Waals surface area (Å²) in [6.45, 7) is 0. The number of H-pyrrole nitrogens is 1. The summed E-state index contributed by atoms with van der Waals surface area (Å²) in [6, 6.07) is 5.82. The standard InChI is InChI=1S/C8H7N3O3S2/c9-16(13,14)8-4-2-6(15-8)5-1-3-7(12)11-10-5/h1-4H,(H,11,12)(H2,9,13,14). The molecule has 0 spiro atoms. The van der Waals surface area contributed by atoms with Gasteiger partial charge < -0.3 is 0 Å². The van der Waals surface area contributed by atoms with Crippen LogP contribution in [0.25, 0.3) is 10.6 Å². The molecule has 0 aliphatic heterocycles. The van der Waals surface area contributed by atoms with Crippen LogP contribution in [0, 0.1) is 0 Å². The first-order valence-electron chi connectivity index (χ1n) is 4.15. The Kier molecular flexibility index (Phi) is 2.62. The molecule has 0 unspecified atom stereocenters. The van der Waals surface area contributed by atoms with Crippen molar-refractivity contribution in [3.8, 4) is 10.6 Å². The summed E-state index contributed by atoms with van der Waals surface area (Å²) in [5.41, 5.74) is 0.187. The van der Waals surface area contributed by atoms with E-state index in [-0.39, 0.29) is 9.77 Å². The topological polar surface area (TPSA) is 106 Å². The third-order valence-corrected chi connectivity index (χ3v) is 4.34. The summed E-state index contributed by atoms with van der Waals surface area (Å²) in [5.74, 6) is 0. The smallest absolute Gasteiger partial charge is 0.264 e. The summed E-state index contributed by atoms with van der Waals surface area (Å²) in [6.07, 6.45) is 0. The van der Waals surface area contributed by atoms with Crippen LogP contribution in [0.1, 0.15) is 0 Å². The maximum atomic E-state index is 11.0. The first kappa shape index (κ1) is 11.0.